The highest BCUT2D eigenvalue weighted by molar-refractivity contribution is 9.10. The van der Waals surface area contributed by atoms with Gasteiger partial charge in [-0.2, -0.15) is 0 Å². The fourth-order valence-corrected chi connectivity index (χ4v) is 2.33. The third-order valence-electron chi connectivity index (χ3n) is 2.25. The van der Waals surface area contributed by atoms with Crippen LogP contribution in [0.15, 0.2) is 21.5 Å². The van der Waals surface area contributed by atoms with Crippen LogP contribution in [-0.2, 0) is 6.54 Å². The molecule has 0 aliphatic rings. The van der Waals surface area contributed by atoms with Crippen molar-refractivity contribution in [2.75, 3.05) is 5.43 Å². The summed E-state index contributed by atoms with van der Waals surface area (Å²) >= 11 is 4.02. The molecule has 0 saturated heterocycles. The molecule has 0 atom stereocenters. The van der Waals surface area contributed by atoms with Gasteiger partial charge in [-0.05, 0) is 15.9 Å². The Hall–Kier alpha value is -1.85. The average molecular weight is 347 g/mol. The van der Waals surface area contributed by atoms with E-state index < -0.39 is 10.5 Å². The number of hydrogen-bond donors (Lipinski definition) is 2. The summed E-state index contributed by atoms with van der Waals surface area (Å²) in [7, 11) is 0. The van der Waals surface area contributed by atoms with Crippen molar-refractivity contribution in [1.29, 1.82) is 0 Å². The lowest BCUT2D eigenvalue weighted by Gasteiger charge is -2.05. The highest BCUT2D eigenvalue weighted by atomic mass is 79.9. The van der Waals surface area contributed by atoms with Crippen LogP contribution in [0.25, 0.3) is 0 Å². The summed E-state index contributed by atoms with van der Waals surface area (Å²) in [4.78, 5) is 22.0. The maximum Gasteiger partial charge on any atom is 0.286 e. The number of aromatic nitrogens is 3. The molecule has 0 amide bonds. The molecule has 2 aromatic rings. The quantitative estimate of drug-likeness (QED) is 0.473. The highest BCUT2D eigenvalue weighted by Gasteiger charge is 2.15. The zero-order valence-corrected chi connectivity index (χ0v) is 11.6. The molecule has 0 bridgehead atoms. The van der Waals surface area contributed by atoms with Crippen LogP contribution in [0.5, 0.6) is 0 Å². The van der Waals surface area contributed by atoms with Crippen LogP contribution >= 0.6 is 27.5 Å². The van der Waals surface area contributed by atoms with Crippen LogP contribution in [0, 0.1) is 10.1 Å². The number of hydrogen-bond acceptors (Lipinski definition) is 8. The van der Waals surface area contributed by atoms with Crippen molar-refractivity contribution in [2.45, 2.75) is 6.54 Å². The SMILES string of the molecule is NNc1snnc1Cn1cc([N+](=O)[O-])cc(Br)c1=O. The van der Waals surface area contributed by atoms with Crippen LogP contribution in [-0.4, -0.2) is 19.1 Å². The standard InChI is InChI=1S/C8H7BrN6O3S/c9-5-1-4(15(17)18)2-14(8(5)16)3-6-7(11-10)19-13-12-6/h1-2,11H,3,10H2. The molecule has 0 saturated carbocycles. The first-order valence-electron chi connectivity index (χ1n) is 4.85. The molecule has 0 radical (unpaired) electrons. The van der Waals surface area contributed by atoms with Crippen molar-refractivity contribution in [2.24, 2.45) is 5.84 Å². The summed E-state index contributed by atoms with van der Waals surface area (Å²) in [5.74, 6) is 5.27. The molecule has 0 aliphatic carbocycles. The molecule has 0 spiro atoms. The Kier molecular flexibility index (Phi) is 3.87. The lowest BCUT2D eigenvalue weighted by atomic mass is 10.4. The molecule has 0 unspecified atom stereocenters. The molecule has 3 N–H and O–H groups in total. The smallest absolute Gasteiger partial charge is 0.286 e. The first kappa shape index (κ1) is 13.6. The highest BCUT2D eigenvalue weighted by Crippen LogP contribution is 2.19. The van der Waals surface area contributed by atoms with E-state index in [0.717, 1.165) is 23.8 Å². The Morgan fingerprint density at radius 1 is 1.63 bits per heavy atom. The van der Waals surface area contributed by atoms with Gasteiger partial charge in [-0.25, -0.2) is 5.84 Å². The van der Waals surface area contributed by atoms with Crippen LogP contribution in [0.1, 0.15) is 5.69 Å². The molecule has 2 heterocycles. The third kappa shape index (κ3) is 2.77. The van der Waals surface area contributed by atoms with E-state index in [9.17, 15) is 14.9 Å². The Balaban J connectivity index is 2.45. The lowest BCUT2D eigenvalue weighted by Crippen LogP contribution is -2.22. The zero-order chi connectivity index (χ0) is 14.0. The molecular weight excluding hydrogens is 340 g/mol. The molecule has 0 aliphatic heterocycles. The Morgan fingerprint density at radius 2 is 2.37 bits per heavy atom. The molecule has 2 rings (SSSR count). The van der Waals surface area contributed by atoms with Gasteiger partial charge in [0, 0.05) is 17.6 Å². The predicted molar refractivity (Wildman–Crippen MR) is 71.9 cm³/mol. The summed E-state index contributed by atoms with van der Waals surface area (Å²) < 4.78 is 4.96. The molecule has 11 heteroatoms. The van der Waals surface area contributed by atoms with E-state index in [-0.39, 0.29) is 16.7 Å². The number of anilines is 1. The minimum atomic E-state index is -0.581. The number of nitrogen functional groups attached to an aromatic ring is 1. The van der Waals surface area contributed by atoms with Crippen molar-refractivity contribution in [1.82, 2.24) is 14.2 Å². The fourth-order valence-electron chi connectivity index (χ4n) is 1.38. The van der Waals surface area contributed by atoms with Gasteiger partial charge in [-0.1, -0.05) is 4.49 Å². The third-order valence-corrected chi connectivity index (χ3v) is 3.51. The van der Waals surface area contributed by atoms with Crippen LogP contribution in [0.4, 0.5) is 10.7 Å². The second kappa shape index (κ2) is 5.42. The summed E-state index contributed by atoms with van der Waals surface area (Å²) in [5.41, 5.74) is 2.23. The van der Waals surface area contributed by atoms with E-state index >= 15 is 0 Å². The topological polar surface area (TPSA) is 129 Å². The van der Waals surface area contributed by atoms with Gasteiger partial charge in [0.05, 0.1) is 22.1 Å². The number of nitrogens with one attached hydrogen (secondary N) is 1. The summed E-state index contributed by atoms with van der Waals surface area (Å²) in [6, 6.07) is 1.15. The second-order valence-electron chi connectivity index (χ2n) is 3.43. The van der Waals surface area contributed by atoms with Gasteiger partial charge in [-0.3, -0.25) is 14.9 Å². The van der Waals surface area contributed by atoms with Crippen molar-refractivity contribution in [3.05, 3.63) is 42.9 Å². The van der Waals surface area contributed by atoms with Crippen molar-refractivity contribution in [3.8, 4) is 0 Å². The first-order chi connectivity index (χ1) is 9.02. The molecule has 0 fully saturated rings. The van der Waals surface area contributed by atoms with E-state index in [0.29, 0.717) is 10.7 Å². The normalized spacial score (nSPS) is 10.4. The molecule has 9 nitrogen and oxygen atoms in total. The number of nitrogens with zero attached hydrogens (tertiary/aromatic N) is 4. The van der Waals surface area contributed by atoms with Gasteiger partial charge in [0.25, 0.3) is 11.2 Å². The average Bonchev–Trinajstić information content (AvgIpc) is 2.81. The van der Waals surface area contributed by atoms with Gasteiger partial charge in [0.1, 0.15) is 10.7 Å². The van der Waals surface area contributed by atoms with E-state index in [1.54, 1.807) is 0 Å². The van der Waals surface area contributed by atoms with Crippen molar-refractivity contribution < 1.29 is 4.92 Å². The van der Waals surface area contributed by atoms with Gasteiger partial charge < -0.3 is 9.99 Å². The molecule has 2 aromatic heterocycles. The predicted octanol–water partition coefficient (Wildman–Crippen LogP) is 0.704. The summed E-state index contributed by atoms with van der Waals surface area (Å²) in [6.07, 6.45) is 1.15. The van der Waals surface area contributed by atoms with E-state index in [2.05, 4.69) is 30.9 Å². The number of halogens is 1. The van der Waals surface area contributed by atoms with Crippen LogP contribution in [0.2, 0.25) is 0 Å². The molecular formula is C8H7BrN6O3S. The molecule has 0 aromatic carbocycles. The van der Waals surface area contributed by atoms with Gasteiger partial charge in [0.2, 0.25) is 0 Å². The van der Waals surface area contributed by atoms with E-state index in [1.165, 1.54) is 4.57 Å². The van der Waals surface area contributed by atoms with Crippen molar-refractivity contribution >= 4 is 38.2 Å². The number of nitrogens with two attached hydrogens (primary N) is 1. The summed E-state index contributed by atoms with van der Waals surface area (Å²) in [5, 5.41) is 15.1. The van der Waals surface area contributed by atoms with Crippen molar-refractivity contribution in [3.63, 3.8) is 0 Å². The van der Waals surface area contributed by atoms with Crippen LogP contribution < -0.4 is 16.8 Å². The van der Waals surface area contributed by atoms with E-state index in [4.69, 9.17) is 5.84 Å². The maximum atomic E-state index is 11.9. The lowest BCUT2D eigenvalue weighted by molar-refractivity contribution is -0.385. The Labute approximate surface area is 118 Å². The number of rotatable bonds is 4. The maximum absolute atomic E-state index is 11.9. The fraction of sp³-hybridized carbons (Fsp3) is 0.125. The van der Waals surface area contributed by atoms with Gasteiger partial charge >= 0.3 is 0 Å². The number of nitro groups is 1. The minimum Gasteiger partial charge on any atom is -0.313 e. The number of pyridine rings is 1. The minimum absolute atomic E-state index is 0.0369. The second-order valence-corrected chi connectivity index (χ2v) is 5.04. The number of hydrazine groups is 1. The molecule has 100 valence electrons. The summed E-state index contributed by atoms with van der Waals surface area (Å²) in [6.45, 7) is 0.0369. The van der Waals surface area contributed by atoms with Crippen LogP contribution in [0.3, 0.4) is 0 Å². The Bertz CT molecular complexity index is 683. The first-order valence-corrected chi connectivity index (χ1v) is 6.41. The zero-order valence-electron chi connectivity index (χ0n) is 9.24. The van der Waals surface area contributed by atoms with Gasteiger partial charge in [-0.15, -0.1) is 5.10 Å². The molecule has 19 heavy (non-hydrogen) atoms. The van der Waals surface area contributed by atoms with Gasteiger partial charge in [0.15, 0.2) is 0 Å². The monoisotopic (exact) mass is 346 g/mol. The Morgan fingerprint density at radius 3 is 3.00 bits per heavy atom. The largest absolute Gasteiger partial charge is 0.313 e. The van der Waals surface area contributed by atoms with E-state index in [1.807, 2.05) is 0 Å².